The summed E-state index contributed by atoms with van der Waals surface area (Å²) in [4.78, 5) is 15.4. The van der Waals surface area contributed by atoms with Crippen LogP contribution in [0.2, 0.25) is 0 Å². The van der Waals surface area contributed by atoms with E-state index in [-0.39, 0.29) is 36.4 Å². The topological polar surface area (TPSA) is 86.0 Å². The van der Waals surface area contributed by atoms with Crippen LogP contribution in [0.25, 0.3) is 21.7 Å². The Hall–Kier alpha value is -3.52. The monoisotopic (exact) mass is 493 g/mol. The van der Waals surface area contributed by atoms with E-state index < -0.39 is 9.84 Å². The minimum absolute atomic E-state index is 0.0267. The van der Waals surface area contributed by atoms with Crippen LogP contribution >= 0.6 is 0 Å². The number of sulfone groups is 1. The van der Waals surface area contributed by atoms with Gasteiger partial charge in [0.15, 0.2) is 21.3 Å². The van der Waals surface area contributed by atoms with Gasteiger partial charge in [0.05, 0.1) is 38.4 Å². The zero-order valence-electron chi connectivity index (χ0n) is 19.7. The smallest absolute Gasteiger partial charge is 0.227 e. The number of rotatable bonds is 7. The van der Waals surface area contributed by atoms with Gasteiger partial charge in [0.25, 0.3) is 0 Å². The number of furan rings is 1. The van der Waals surface area contributed by atoms with Crippen LogP contribution in [-0.2, 0) is 27.6 Å². The Kier molecular flexibility index (Phi) is 6.15. The average molecular weight is 494 g/mol. The molecule has 1 amide bonds. The molecule has 4 aromatic rings. The summed E-state index contributed by atoms with van der Waals surface area (Å²) in [5.41, 5.74) is 2.35. The molecule has 3 aromatic carbocycles. The number of benzene rings is 3. The van der Waals surface area contributed by atoms with Crippen molar-refractivity contribution in [3.05, 3.63) is 72.0 Å². The van der Waals surface area contributed by atoms with Gasteiger partial charge in [0.2, 0.25) is 5.91 Å². The molecule has 1 fully saturated rings. The van der Waals surface area contributed by atoms with Gasteiger partial charge in [-0.05, 0) is 41.0 Å². The molecule has 182 valence electrons. The SMILES string of the molecule is COc1ccc(CN(C(=O)Cc2coc3ccc4ccccc4c23)C2CCS(=O)(=O)C2)cc1OC. The number of carbonyl (C=O) groups excluding carboxylic acids is 1. The molecule has 35 heavy (non-hydrogen) atoms. The third kappa shape index (κ3) is 4.58. The average Bonchev–Trinajstić information content (AvgIpc) is 3.44. The van der Waals surface area contributed by atoms with E-state index in [0.29, 0.717) is 17.9 Å². The quantitative estimate of drug-likeness (QED) is 0.380. The Balaban J connectivity index is 1.49. The van der Waals surface area contributed by atoms with Crippen LogP contribution < -0.4 is 9.47 Å². The van der Waals surface area contributed by atoms with Gasteiger partial charge in [-0.15, -0.1) is 0 Å². The summed E-state index contributed by atoms with van der Waals surface area (Å²) in [6, 6.07) is 17.0. The number of fused-ring (bicyclic) bond motifs is 3. The fourth-order valence-corrected chi connectivity index (χ4v) is 6.62. The first-order valence-electron chi connectivity index (χ1n) is 11.5. The van der Waals surface area contributed by atoms with Gasteiger partial charge in [-0.2, -0.15) is 0 Å². The summed E-state index contributed by atoms with van der Waals surface area (Å²) in [7, 11) is -0.0493. The van der Waals surface area contributed by atoms with Crippen molar-refractivity contribution < 1.29 is 27.1 Å². The van der Waals surface area contributed by atoms with E-state index in [0.717, 1.165) is 32.9 Å². The van der Waals surface area contributed by atoms with Gasteiger partial charge >= 0.3 is 0 Å². The molecular weight excluding hydrogens is 466 g/mol. The molecule has 0 saturated carbocycles. The highest BCUT2D eigenvalue weighted by Gasteiger charge is 2.35. The molecule has 0 spiro atoms. The Bertz CT molecular complexity index is 1510. The van der Waals surface area contributed by atoms with Crippen molar-refractivity contribution in [2.45, 2.75) is 25.4 Å². The van der Waals surface area contributed by atoms with Gasteiger partial charge in [0.1, 0.15) is 5.58 Å². The molecule has 0 N–H and O–H groups in total. The van der Waals surface area contributed by atoms with Crippen molar-refractivity contribution in [3.63, 3.8) is 0 Å². The van der Waals surface area contributed by atoms with E-state index in [1.165, 1.54) is 0 Å². The molecule has 0 aliphatic carbocycles. The highest BCUT2D eigenvalue weighted by atomic mass is 32.2. The van der Waals surface area contributed by atoms with Crippen LogP contribution in [0.3, 0.4) is 0 Å². The second kappa shape index (κ2) is 9.26. The molecule has 8 heteroatoms. The summed E-state index contributed by atoms with van der Waals surface area (Å²) in [5.74, 6) is 1.07. The Morgan fingerprint density at radius 3 is 2.60 bits per heavy atom. The summed E-state index contributed by atoms with van der Waals surface area (Å²) < 4.78 is 41.0. The number of nitrogens with zero attached hydrogens (tertiary/aromatic N) is 1. The number of ether oxygens (including phenoxy) is 2. The van der Waals surface area contributed by atoms with E-state index in [9.17, 15) is 13.2 Å². The normalized spacial score (nSPS) is 17.0. The second-order valence-electron chi connectivity index (χ2n) is 8.87. The van der Waals surface area contributed by atoms with Crippen molar-refractivity contribution in [3.8, 4) is 11.5 Å². The third-order valence-corrected chi connectivity index (χ3v) is 8.40. The fraction of sp³-hybridized carbons (Fsp3) is 0.296. The van der Waals surface area contributed by atoms with Crippen LogP contribution in [0.1, 0.15) is 17.5 Å². The van der Waals surface area contributed by atoms with Gasteiger partial charge in [-0.1, -0.05) is 36.4 Å². The van der Waals surface area contributed by atoms with Gasteiger partial charge in [0, 0.05) is 23.5 Å². The van der Waals surface area contributed by atoms with E-state index in [2.05, 4.69) is 0 Å². The molecule has 1 aliphatic rings. The number of amides is 1. The van der Waals surface area contributed by atoms with Gasteiger partial charge in [-0.25, -0.2) is 8.42 Å². The molecule has 7 nitrogen and oxygen atoms in total. The largest absolute Gasteiger partial charge is 0.493 e. The maximum atomic E-state index is 13.7. The zero-order chi connectivity index (χ0) is 24.6. The zero-order valence-corrected chi connectivity index (χ0v) is 20.5. The van der Waals surface area contributed by atoms with E-state index in [1.54, 1.807) is 31.4 Å². The van der Waals surface area contributed by atoms with E-state index in [1.807, 2.05) is 48.5 Å². The van der Waals surface area contributed by atoms with Crippen molar-refractivity contribution >= 4 is 37.5 Å². The minimum atomic E-state index is -3.17. The highest BCUT2D eigenvalue weighted by Crippen LogP contribution is 2.32. The molecule has 1 aliphatic heterocycles. The second-order valence-corrected chi connectivity index (χ2v) is 11.1. The number of methoxy groups -OCH3 is 2. The lowest BCUT2D eigenvalue weighted by molar-refractivity contribution is -0.133. The first-order chi connectivity index (χ1) is 16.9. The fourth-order valence-electron chi connectivity index (χ4n) is 4.89. The predicted octanol–water partition coefficient (Wildman–Crippen LogP) is 4.36. The first-order valence-corrected chi connectivity index (χ1v) is 13.3. The first kappa shape index (κ1) is 23.2. The summed E-state index contributed by atoms with van der Waals surface area (Å²) in [6.45, 7) is 0.274. The van der Waals surface area contributed by atoms with Crippen molar-refractivity contribution in [2.24, 2.45) is 0 Å². The molecule has 1 atom stereocenters. The molecule has 1 unspecified atom stereocenters. The molecular formula is C27H27NO6S. The van der Waals surface area contributed by atoms with Gasteiger partial charge in [-0.3, -0.25) is 4.79 Å². The van der Waals surface area contributed by atoms with Crippen molar-refractivity contribution in [2.75, 3.05) is 25.7 Å². The Morgan fingerprint density at radius 1 is 1.06 bits per heavy atom. The molecule has 0 radical (unpaired) electrons. The lowest BCUT2D eigenvalue weighted by atomic mass is 10.0. The van der Waals surface area contributed by atoms with Crippen LogP contribution in [0.15, 0.2) is 65.3 Å². The lowest BCUT2D eigenvalue weighted by Crippen LogP contribution is -2.41. The summed E-state index contributed by atoms with van der Waals surface area (Å²) in [5, 5.41) is 3.01. The van der Waals surface area contributed by atoms with E-state index >= 15 is 0 Å². The van der Waals surface area contributed by atoms with Crippen molar-refractivity contribution in [1.29, 1.82) is 0 Å². The molecule has 5 rings (SSSR count). The van der Waals surface area contributed by atoms with Gasteiger partial charge < -0.3 is 18.8 Å². The number of carbonyl (C=O) groups is 1. The van der Waals surface area contributed by atoms with Crippen LogP contribution in [0.5, 0.6) is 11.5 Å². The molecule has 1 saturated heterocycles. The van der Waals surface area contributed by atoms with Crippen molar-refractivity contribution in [1.82, 2.24) is 4.90 Å². The summed E-state index contributed by atoms with van der Waals surface area (Å²) >= 11 is 0. The maximum absolute atomic E-state index is 13.7. The molecule has 0 bridgehead atoms. The Morgan fingerprint density at radius 2 is 1.86 bits per heavy atom. The van der Waals surface area contributed by atoms with Crippen LogP contribution in [-0.4, -0.2) is 51.0 Å². The standard InChI is InChI=1S/C27H27NO6S/c1-32-23-9-7-18(13-25(23)33-2)15-28(21-11-12-35(30,31)17-21)26(29)14-20-16-34-24-10-8-19-5-3-4-6-22(19)27(20)24/h3-10,13,16,21H,11-12,14-15,17H2,1-2H3. The van der Waals surface area contributed by atoms with E-state index in [4.69, 9.17) is 13.9 Å². The summed E-state index contributed by atoms with van der Waals surface area (Å²) in [6.07, 6.45) is 2.18. The molecule has 2 heterocycles. The number of hydrogen-bond donors (Lipinski definition) is 0. The predicted molar refractivity (Wildman–Crippen MR) is 135 cm³/mol. The van der Waals surface area contributed by atoms with Crippen LogP contribution in [0, 0.1) is 0 Å². The Labute approximate surface area is 204 Å². The molecule has 1 aromatic heterocycles. The lowest BCUT2D eigenvalue weighted by Gasteiger charge is -2.29. The number of hydrogen-bond acceptors (Lipinski definition) is 6. The maximum Gasteiger partial charge on any atom is 0.227 e. The van der Waals surface area contributed by atoms with Crippen LogP contribution in [0.4, 0.5) is 0 Å². The minimum Gasteiger partial charge on any atom is -0.493 e. The highest BCUT2D eigenvalue weighted by molar-refractivity contribution is 7.91. The third-order valence-electron chi connectivity index (χ3n) is 6.65.